The first kappa shape index (κ1) is 17.1. The highest BCUT2D eigenvalue weighted by atomic mass is 35.5. The van der Waals surface area contributed by atoms with Crippen LogP contribution in [0.5, 0.6) is 5.75 Å². The lowest BCUT2D eigenvalue weighted by atomic mass is 10.1. The van der Waals surface area contributed by atoms with Crippen molar-refractivity contribution in [3.8, 4) is 5.75 Å². The first-order valence-electron chi connectivity index (χ1n) is 8.18. The molecule has 0 spiro atoms. The van der Waals surface area contributed by atoms with Crippen LogP contribution < -0.4 is 9.64 Å². The molecule has 0 amide bonds. The molecule has 0 saturated heterocycles. The van der Waals surface area contributed by atoms with Crippen LogP contribution in [-0.4, -0.2) is 19.0 Å². The zero-order chi connectivity index (χ0) is 19.0. The molecule has 3 aromatic rings. The number of carbonyl (C=O) groups is 2. The summed E-state index contributed by atoms with van der Waals surface area (Å²) in [7, 11) is 1.32. The molecule has 1 heterocycles. The van der Waals surface area contributed by atoms with Gasteiger partial charge in [-0.05, 0) is 54.6 Å². The summed E-state index contributed by atoms with van der Waals surface area (Å²) >= 11 is 6.03. The van der Waals surface area contributed by atoms with Gasteiger partial charge in [0.1, 0.15) is 0 Å². The SMILES string of the molecule is COC(=O)c1ccc2c(c1)N(c1ccc(Cl)cc1)c1ccccc1C(=O)O2. The van der Waals surface area contributed by atoms with Crippen LogP contribution in [0.1, 0.15) is 20.7 Å². The number of ether oxygens (including phenoxy) is 2. The Morgan fingerprint density at radius 2 is 1.74 bits per heavy atom. The van der Waals surface area contributed by atoms with Crippen LogP contribution in [0.15, 0.2) is 66.7 Å². The fraction of sp³-hybridized carbons (Fsp3) is 0.0476. The maximum absolute atomic E-state index is 12.6. The number of methoxy groups -OCH3 is 1. The molecule has 0 unspecified atom stereocenters. The standard InChI is InChI=1S/C21H14ClNO4/c1-26-20(24)13-6-11-19-18(12-13)23(15-9-7-14(22)8-10-15)17-5-3-2-4-16(17)21(25)27-19/h2-12H,1H3. The third kappa shape index (κ3) is 3.02. The van der Waals surface area contributed by atoms with Gasteiger partial charge in [-0.3, -0.25) is 0 Å². The molecule has 0 aromatic heterocycles. The van der Waals surface area contributed by atoms with Crippen molar-refractivity contribution in [2.24, 2.45) is 0 Å². The van der Waals surface area contributed by atoms with Crippen molar-refractivity contribution in [2.75, 3.05) is 12.0 Å². The number of hydrogen-bond acceptors (Lipinski definition) is 5. The van der Waals surface area contributed by atoms with Crippen LogP contribution in [0.25, 0.3) is 0 Å². The Labute approximate surface area is 160 Å². The highest BCUT2D eigenvalue weighted by Gasteiger charge is 2.28. The van der Waals surface area contributed by atoms with Gasteiger partial charge in [0, 0.05) is 10.7 Å². The van der Waals surface area contributed by atoms with E-state index in [0.717, 1.165) is 5.69 Å². The number of fused-ring (bicyclic) bond motifs is 2. The number of nitrogens with zero attached hydrogens (tertiary/aromatic N) is 1. The van der Waals surface area contributed by atoms with E-state index in [1.54, 1.807) is 42.5 Å². The van der Waals surface area contributed by atoms with Crippen LogP contribution in [0.2, 0.25) is 5.02 Å². The molecule has 6 heteroatoms. The lowest BCUT2D eigenvalue weighted by Crippen LogP contribution is -2.12. The van der Waals surface area contributed by atoms with Gasteiger partial charge in [-0.1, -0.05) is 23.7 Å². The monoisotopic (exact) mass is 379 g/mol. The number of esters is 2. The minimum Gasteiger partial charge on any atom is -0.465 e. The molecule has 5 nitrogen and oxygen atoms in total. The summed E-state index contributed by atoms with van der Waals surface area (Å²) < 4.78 is 10.4. The average molecular weight is 380 g/mol. The summed E-state index contributed by atoms with van der Waals surface area (Å²) in [5.41, 5.74) is 2.74. The van der Waals surface area contributed by atoms with Gasteiger partial charge in [0.15, 0.2) is 5.75 Å². The fourth-order valence-corrected chi connectivity index (χ4v) is 3.14. The van der Waals surface area contributed by atoms with Crippen molar-refractivity contribution in [1.82, 2.24) is 0 Å². The Morgan fingerprint density at radius 3 is 2.48 bits per heavy atom. The lowest BCUT2D eigenvalue weighted by Gasteiger charge is -2.25. The summed E-state index contributed by atoms with van der Waals surface area (Å²) in [5.74, 6) is -0.592. The molecule has 134 valence electrons. The zero-order valence-corrected chi connectivity index (χ0v) is 15.1. The van der Waals surface area contributed by atoms with Gasteiger partial charge in [0.05, 0.1) is 29.6 Å². The van der Waals surface area contributed by atoms with E-state index >= 15 is 0 Å². The van der Waals surface area contributed by atoms with Gasteiger partial charge in [-0.15, -0.1) is 0 Å². The molecule has 0 radical (unpaired) electrons. The molecule has 4 rings (SSSR count). The number of benzene rings is 3. The van der Waals surface area contributed by atoms with Crippen molar-refractivity contribution in [2.45, 2.75) is 0 Å². The third-order valence-electron chi connectivity index (χ3n) is 4.27. The minimum absolute atomic E-state index is 0.346. The molecule has 0 saturated carbocycles. The molecule has 0 aliphatic carbocycles. The highest BCUT2D eigenvalue weighted by Crippen LogP contribution is 2.44. The molecular weight excluding hydrogens is 366 g/mol. The van der Waals surface area contributed by atoms with Gasteiger partial charge in [-0.2, -0.15) is 0 Å². The van der Waals surface area contributed by atoms with E-state index < -0.39 is 11.9 Å². The largest absolute Gasteiger partial charge is 0.465 e. The molecule has 0 bridgehead atoms. The zero-order valence-electron chi connectivity index (χ0n) is 14.3. The predicted octanol–water partition coefficient (Wildman–Crippen LogP) is 5.13. The summed E-state index contributed by atoms with van der Waals surface area (Å²) in [6.45, 7) is 0. The van der Waals surface area contributed by atoms with E-state index in [4.69, 9.17) is 21.1 Å². The van der Waals surface area contributed by atoms with Crippen LogP contribution in [0.4, 0.5) is 17.1 Å². The van der Waals surface area contributed by atoms with E-state index in [-0.39, 0.29) is 0 Å². The van der Waals surface area contributed by atoms with E-state index in [1.165, 1.54) is 7.11 Å². The first-order chi connectivity index (χ1) is 13.1. The molecule has 0 atom stereocenters. The molecule has 3 aromatic carbocycles. The second kappa shape index (κ2) is 6.78. The van der Waals surface area contributed by atoms with Crippen LogP contribution in [-0.2, 0) is 4.74 Å². The minimum atomic E-state index is -0.474. The molecule has 0 fully saturated rings. The Bertz CT molecular complexity index is 1050. The summed E-state index contributed by atoms with van der Waals surface area (Å²) in [6, 6.07) is 19.1. The summed E-state index contributed by atoms with van der Waals surface area (Å²) in [4.78, 5) is 26.5. The first-order valence-corrected chi connectivity index (χ1v) is 8.55. The highest BCUT2D eigenvalue weighted by molar-refractivity contribution is 6.30. The van der Waals surface area contributed by atoms with Crippen LogP contribution in [0.3, 0.4) is 0 Å². The van der Waals surface area contributed by atoms with Crippen molar-refractivity contribution < 1.29 is 19.1 Å². The fourth-order valence-electron chi connectivity index (χ4n) is 3.02. The second-order valence-electron chi connectivity index (χ2n) is 5.89. The smallest absolute Gasteiger partial charge is 0.345 e. The van der Waals surface area contributed by atoms with Crippen molar-refractivity contribution >= 4 is 40.6 Å². The Morgan fingerprint density at radius 1 is 1.00 bits per heavy atom. The van der Waals surface area contributed by atoms with Gasteiger partial charge in [0.25, 0.3) is 0 Å². The van der Waals surface area contributed by atoms with Gasteiger partial charge in [-0.25, -0.2) is 9.59 Å². The molecule has 1 aliphatic heterocycles. The summed E-state index contributed by atoms with van der Waals surface area (Å²) in [5, 5.41) is 0.595. The Kier molecular flexibility index (Phi) is 4.30. The molecule has 0 N–H and O–H groups in total. The number of anilines is 3. The second-order valence-corrected chi connectivity index (χ2v) is 6.33. The molecular formula is C21H14ClNO4. The maximum atomic E-state index is 12.6. The predicted molar refractivity (Wildman–Crippen MR) is 102 cm³/mol. The quantitative estimate of drug-likeness (QED) is 0.456. The normalized spacial score (nSPS) is 12.5. The van der Waals surface area contributed by atoms with Gasteiger partial charge >= 0.3 is 11.9 Å². The third-order valence-corrected chi connectivity index (χ3v) is 4.53. The maximum Gasteiger partial charge on any atom is 0.345 e. The number of carbonyl (C=O) groups excluding carboxylic acids is 2. The van der Waals surface area contributed by atoms with Crippen molar-refractivity contribution in [3.63, 3.8) is 0 Å². The topological polar surface area (TPSA) is 55.8 Å². The summed E-state index contributed by atoms with van der Waals surface area (Å²) in [6.07, 6.45) is 0. The van der Waals surface area contributed by atoms with Crippen LogP contribution >= 0.6 is 11.6 Å². The molecule has 27 heavy (non-hydrogen) atoms. The Hall–Kier alpha value is -3.31. The lowest BCUT2D eigenvalue weighted by molar-refractivity contribution is 0.0600. The van der Waals surface area contributed by atoms with E-state index in [0.29, 0.717) is 33.3 Å². The Balaban J connectivity index is 2.00. The average Bonchev–Trinajstić information content (AvgIpc) is 2.82. The van der Waals surface area contributed by atoms with Crippen LogP contribution in [0, 0.1) is 0 Å². The van der Waals surface area contributed by atoms with Gasteiger partial charge in [0.2, 0.25) is 0 Å². The van der Waals surface area contributed by atoms with E-state index in [1.807, 2.05) is 29.2 Å². The molecule has 1 aliphatic rings. The van der Waals surface area contributed by atoms with Gasteiger partial charge < -0.3 is 14.4 Å². The number of hydrogen-bond donors (Lipinski definition) is 0. The van der Waals surface area contributed by atoms with Crippen molar-refractivity contribution in [3.05, 3.63) is 82.9 Å². The number of halogens is 1. The van der Waals surface area contributed by atoms with E-state index in [9.17, 15) is 9.59 Å². The number of para-hydroxylation sites is 1. The number of rotatable bonds is 2. The van der Waals surface area contributed by atoms with E-state index in [2.05, 4.69) is 0 Å². The van der Waals surface area contributed by atoms with Crippen molar-refractivity contribution in [1.29, 1.82) is 0 Å².